The van der Waals surface area contributed by atoms with Gasteiger partial charge >= 0.3 is 0 Å². The summed E-state index contributed by atoms with van der Waals surface area (Å²) >= 11 is 0. The van der Waals surface area contributed by atoms with Gasteiger partial charge in [-0.1, -0.05) is 78.9 Å². The Bertz CT molecular complexity index is 921. The maximum Gasteiger partial charge on any atom is 0.213 e. The van der Waals surface area contributed by atoms with Gasteiger partial charge < -0.3 is 4.74 Å². The van der Waals surface area contributed by atoms with Crippen molar-refractivity contribution in [3.63, 3.8) is 0 Å². The predicted molar refractivity (Wildman–Crippen MR) is 98.4 cm³/mol. The van der Waals surface area contributed by atoms with E-state index >= 15 is 0 Å². The van der Waals surface area contributed by atoms with Crippen molar-refractivity contribution in [3.8, 4) is 5.75 Å². The molecule has 0 unspecified atom stereocenters. The first-order valence-corrected chi connectivity index (χ1v) is 8.62. The molecule has 0 aliphatic carbocycles. The van der Waals surface area contributed by atoms with E-state index in [9.17, 15) is 0 Å². The van der Waals surface area contributed by atoms with Gasteiger partial charge in [-0.05, 0) is 11.6 Å². The topological polar surface area (TPSA) is 24.8 Å². The maximum atomic E-state index is 6.33. The van der Waals surface area contributed by atoms with Crippen LogP contribution in [0.3, 0.4) is 0 Å². The fraction of sp³-hybridized carbons (Fsp3) is 0.136. The molecule has 3 nitrogen and oxygen atoms in total. The Morgan fingerprint density at radius 1 is 0.800 bits per heavy atom. The molecule has 0 radical (unpaired) electrons. The highest BCUT2D eigenvalue weighted by Gasteiger charge is 2.40. The molecule has 3 heteroatoms. The summed E-state index contributed by atoms with van der Waals surface area (Å²) in [5.74, 6) is 0.960. The lowest BCUT2D eigenvalue weighted by Crippen LogP contribution is -2.33. The van der Waals surface area contributed by atoms with Crippen LogP contribution in [0.15, 0.2) is 90.0 Å². The lowest BCUT2D eigenvalue weighted by Gasteiger charge is -2.38. The maximum absolute atomic E-state index is 6.33. The fourth-order valence-electron chi connectivity index (χ4n) is 3.68. The molecule has 0 fully saturated rings. The van der Waals surface area contributed by atoms with Gasteiger partial charge in [-0.25, -0.2) is 5.01 Å². The van der Waals surface area contributed by atoms with Crippen molar-refractivity contribution >= 4 is 5.71 Å². The quantitative estimate of drug-likeness (QED) is 0.667. The summed E-state index contributed by atoms with van der Waals surface area (Å²) in [4.78, 5) is 0. The molecule has 0 saturated carbocycles. The van der Waals surface area contributed by atoms with E-state index in [4.69, 9.17) is 9.84 Å². The molecule has 0 bridgehead atoms. The van der Waals surface area contributed by atoms with E-state index < -0.39 is 0 Å². The summed E-state index contributed by atoms with van der Waals surface area (Å²) in [6, 6.07) is 29.3. The smallest absolute Gasteiger partial charge is 0.213 e. The second kappa shape index (κ2) is 5.78. The van der Waals surface area contributed by atoms with Gasteiger partial charge in [0.1, 0.15) is 5.75 Å². The van der Waals surface area contributed by atoms with Crippen molar-refractivity contribution in [2.75, 3.05) is 0 Å². The number of hydrazone groups is 1. The van der Waals surface area contributed by atoms with Gasteiger partial charge in [0.2, 0.25) is 6.23 Å². The second-order valence-electron chi connectivity index (χ2n) is 6.43. The zero-order valence-corrected chi connectivity index (χ0v) is 13.7. The third kappa shape index (κ3) is 2.40. The minimum Gasteiger partial charge on any atom is -0.464 e. The SMILES string of the molecule is c1ccc(C2=NN3[C@H](C2)c2ccccc2O[C@@H]3c2ccccc2)cc1. The van der Waals surface area contributed by atoms with Crippen LogP contribution >= 0.6 is 0 Å². The number of hydrogen-bond acceptors (Lipinski definition) is 3. The molecule has 3 aromatic carbocycles. The Morgan fingerprint density at radius 3 is 2.28 bits per heavy atom. The Labute approximate surface area is 147 Å². The first-order valence-electron chi connectivity index (χ1n) is 8.62. The molecule has 2 aliphatic heterocycles. The van der Waals surface area contributed by atoms with Crippen LogP contribution < -0.4 is 4.74 Å². The molecule has 0 amide bonds. The van der Waals surface area contributed by atoms with Crippen LogP contribution in [0.5, 0.6) is 5.75 Å². The van der Waals surface area contributed by atoms with E-state index in [1.54, 1.807) is 0 Å². The summed E-state index contributed by atoms with van der Waals surface area (Å²) in [5.41, 5.74) is 4.64. The van der Waals surface area contributed by atoms with Gasteiger partial charge in [0.15, 0.2) is 0 Å². The Hall–Kier alpha value is -3.07. The van der Waals surface area contributed by atoms with Gasteiger partial charge in [-0.2, -0.15) is 5.10 Å². The van der Waals surface area contributed by atoms with Crippen LogP contribution in [0.4, 0.5) is 0 Å². The van der Waals surface area contributed by atoms with Crippen LogP contribution in [0, 0.1) is 0 Å². The molecule has 0 spiro atoms. The minimum atomic E-state index is -0.192. The highest BCUT2D eigenvalue weighted by molar-refractivity contribution is 6.01. The summed E-state index contributed by atoms with van der Waals surface area (Å²) in [7, 11) is 0. The zero-order chi connectivity index (χ0) is 16.6. The highest BCUT2D eigenvalue weighted by atomic mass is 16.5. The predicted octanol–water partition coefficient (Wildman–Crippen LogP) is 4.93. The molecule has 0 aromatic heterocycles. The fourth-order valence-corrected chi connectivity index (χ4v) is 3.68. The van der Waals surface area contributed by atoms with Crippen LogP contribution in [-0.2, 0) is 0 Å². The molecule has 0 N–H and O–H groups in total. The Kier molecular flexibility index (Phi) is 3.30. The van der Waals surface area contributed by atoms with E-state index in [0.717, 1.165) is 23.4 Å². The third-order valence-corrected chi connectivity index (χ3v) is 4.89. The molecule has 2 atom stereocenters. The van der Waals surface area contributed by atoms with Gasteiger partial charge in [0, 0.05) is 17.5 Å². The van der Waals surface area contributed by atoms with E-state index in [-0.39, 0.29) is 12.3 Å². The summed E-state index contributed by atoms with van der Waals surface area (Å²) < 4.78 is 6.33. The van der Waals surface area contributed by atoms with Crippen LogP contribution in [0.2, 0.25) is 0 Å². The summed E-state index contributed by atoms with van der Waals surface area (Å²) in [5, 5.41) is 7.09. The number of para-hydroxylation sites is 1. The average molecular weight is 326 g/mol. The first kappa shape index (κ1) is 14.3. The first-order chi connectivity index (χ1) is 12.4. The summed E-state index contributed by atoms with van der Waals surface area (Å²) in [6.45, 7) is 0. The molecule has 5 rings (SSSR count). The van der Waals surface area contributed by atoms with Crippen LogP contribution in [-0.4, -0.2) is 10.7 Å². The summed E-state index contributed by atoms with van der Waals surface area (Å²) in [6.07, 6.45) is 0.704. The van der Waals surface area contributed by atoms with Crippen molar-refractivity contribution < 1.29 is 4.74 Å². The van der Waals surface area contributed by atoms with Crippen LogP contribution in [0.1, 0.15) is 35.4 Å². The van der Waals surface area contributed by atoms with Crippen molar-refractivity contribution in [1.29, 1.82) is 0 Å². The number of fused-ring (bicyclic) bond motifs is 3. The standard InChI is InChI=1S/C22H18N2O/c1-3-9-16(10-4-1)19-15-20-18-13-7-8-14-21(18)25-22(24(20)23-19)17-11-5-2-6-12-17/h1-14,20,22H,15H2/t20-,22-/m1/s1. The molecule has 0 saturated heterocycles. The number of ether oxygens (including phenoxy) is 1. The van der Waals surface area contributed by atoms with Gasteiger partial charge in [0.25, 0.3) is 0 Å². The van der Waals surface area contributed by atoms with Crippen molar-refractivity contribution in [1.82, 2.24) is 5.01 Å². The van der Waals surface area contributed by atoms with Crippen molar-refractivity contribution in [2.24, 2.45) is 5.10 Å². The number of nitrogens with zero attached hydrogens (tertiary/aromatic N) is 2. The molecule has 25 heavy (non-hydrogen) atoms. The number of benzene rings is 3. The normalized spacial score (nSPS) is 21.1. The van der Waals surface area contributed by atoms with Gasteiger partial charge in [-0.3, -0.25) is 0 Å². The average Bonchev–Trinajstić information content (AvgIpc) is 3.14. The molecule has 2 aliphatic rings. The third-order valence-electron chi connectivity index (χ3n) is 4.89. The minimum absolute atomic E-state index is 0.192. The lowest BCUT2D eigenvalue weighted by molar-refractivity contribution is -0.0190. The van der Waals surface area contributed by atoms with Gasteiger partial charge in [-0.15, -0.1) is 0 Å². The molecule has 3 aromatic rings. The van der Waals surface area contributed by atoms with Crippen LogP contribution in [0.25, 0.3) is 0 Å². The monoisotopic (exact) mass is 326 g/mol. The molecular weight excluding hydrogens is 308 g/mol. The molecule has 2 heterocycles. The van der Waals surface area contributed by atoms with Crippen molar-refractivity contribution in [3.05, 3.63) is 102 Å². The van der Waals surface area contributed by atoms with E-state index in [0.29, 0.717) is 0 Å². The van der Waals surface area contributed by atoms with Gasteiger partial charge in [0.05, 0.1) is 11.8 Å². The van der Waals surface area contributed by atoms with E-state index in [1.165, 1.54) is 11.1 Å². The Morgan fingerprint density at radius 2 is 1.48 bits per heavy atom. The van der Waals surface area contributed by atoms with Crippen molar-refractivity contribution in [2.45, 2.75) is 18.7 Å². The number of hydrogen-bond donors (Lipinski definition) is 0. The molecular formula is C22H18N2O. The molecule has 122 valence electrons. The largest absolute Gasteiger partial charge is 0.464 e. The number of rotatable bonds is 2. The lowest BCUT2D eigenvalue weighted by atomic mass is 9.96. The second-order valence-corrected chi connectivity index (χ2v) is 6.43. The van der Waals surface area contributed by atoms with E-state index in [1.807, 2.05) is 30.3 Å². The van der Waals surface area contributed by atoms with E-state index in [2.05, 4.69) is 59.6 Å². The highest BCUT2D eigenvalue weighted by Crippen LogP contribution is 2.47. The zero-order valence-electron chi connectivity index (χ0n) is 13.7. The Balaban J connectivity index is 1.61.